The van der Waals surface area contributed by atoms with Crippen LogP contribution in [0.2, 0.25) is 0 Å². The summed E-state index contributed by atoms with van der Waals surface area (Å²) >= 11 is 0. The van der Waals surface area contributed by atoms with Gasteiger partial charge in [-0.2, -0.15) is 0 Å². The van der Waals surface area contributed by atoms with Crippen LogP contribution in [0.5, 0.6) is 17.2 Å². The molecule has 0 radical (unpaired) electrons. The number of benzene rings is 5. The first-order valence-corrected chi connectivity index (χ1v) is 16.3. The highest BCUT2D eigenvalue weighted by atomic mass is 16.5. The van der Waals surface area contributed by atoms with Gasteiger partial charge >= 0.3 is 0 Å². The van der Waals surface area contributed by atoms with E-state index in [0.717, 1.165) is 45.9 Å². The third kappa shape index (κ3) is 6.99. The van der Waals surface area contributed by atoms with E-state index in [1.165, 1.54) is 33.4 Å². The zero-order chi connectivity index (χ0) is 32.9. The minimum atomic E-state index is -0.318. The summed E-state index contributed by atoms with van der Waals surface area (Å²) in [5.74, 6) is 2.56. The number of hydrogen-bond donors (Lipinski definition) is 0. The maximum Gasteiger partial charge on any atom is 0.120 e. The maximum atomic E-state index is 6.41. The van der Waals surface area contributed by atoms with Gasteiger partial charge in [-0.1, -0.05) is 60.7 Å². The van der Waals surface area contributed by atoms with Crippen molar-refractivity contribution in [2.45, 2.75) is 85.5 Å². The van der Waals surface area contributed by atoms with Crippen molar-refractivity contribution in [3.8, 4) is 61.8 Å². The molecular formula is C43H46O3. The molecule has 1 aliphatic rings. The molecule has 0 bridgehead atoms. The molecule has 46 heavy (non-hydrogen) atoms. The molecule has 0 aromatic heterocycles. The minimum Gasteiger partial charge on any atom is -0.488 e. The Morgan fingerprint density at radius 2 is 0.870 bits per heavy atom. The summed E-state index contributed by atoms with van der Waals surface area (Å²) in [6, 6.07) is 36.8. The van der Waals surface area contributed by atoms with Gasteiger partial charge in [0.1, 0.15) is 34.1 Å². The van der Waals surface area contributed by atoms with E-state index in [4.69, 9.17) is 14.2 Å². The van der Waals surface area contributed by atoms with Crippen LogP contribution in [0.3, 0.4) is 0 Å². The molecule has 1 aliphatic carbocycles. The lowest BCUT2D eigenvalue weighted by atomic mass is 9.82. The lowest BCUT2D eigenvalue weighted by molar-refractivity contribution is 0.130. The van der Waals surface area contributed by atoms with Crippen molar-refractivity contribution in [1.82, 2.24) is 0 Å². The van der Waals surface area contributed by atoms with Gasteiger partial charge in [0.05, 0.1) is 0 Å². The Bertz CT molecular complexity index is 1890. The Morgan fingerprint density at radius 1 is 0.413 bits per heavy atom. The zero-order valence-electron chi connectivity index (χ0n) is 28.7. The molecule has 0 fully saturated rings. The molecule has 5 aromatic rings. The second-order valence-corrected chi connectivity index (χ2v) is 15.3. The third-order valence-corrected chi connectivity index (χ3v) is 7.77. The average Bonchev–Trinajstić information content (AvgIpc) is 3.32. The molecule has 0 amide bonds. The highest BCUT2D eigenvalue weighted by molar-refractivity contribution is 6.02. The molecule has 6 rings (SSSR count). The molecule has 0 aliphatic heterocycles. The summed E-state index contributed by atoms with van der Waals surface area (Å²) in [5.41, 5.74) is 11.2. The third-order valence-electron chi connectivity index (χ3n) is 7.77. The molecule has 0 spiro atoms. The van der Waals surface area contributed by atoms with E-state index in [0.29, 0.717) is 0 Å². The Balaban J connectivity index is 1.69. The average molecular weight is 611 g/mol. The molecule has 0 heterocycles. The predicted octanol–water partition coefficient (Wildman–Crippen LogP) is 11.8. The van der Waals surface area contributed by atoms with Gasteiger partial charge < -0.3 is 14.2 Å². The summed E-state index contributed by atoms with van der Waals surface area (Å²) in [6.07, 6.45) is 0.865. The van der Waals surface area contributed by atoms with E-state index in [-0.39, 0.29) is 16.8 Å². The van der Waals surface area contributed by atoms with Crippen LogP contribution in [-0.2, 0) is 6.42 Å². The highest BCUT2D eigenvalue weighted by Crippen LogP contribution is 2.51. The van der Waals surface area contributed by atoms with Crippen LogP contribution in [0.15, 0.2) is 103 Å². The summed E-state index contributed by atoms with van der Waals surface area (Å²) in [6.45, 7) is 18.8. The van der Waals surface area contributed by atoms with Gasteiger partial charge in [-0.15, -0.1) is 0 Å². The minimum absolute atomic E-state index is 0.310. The predicted molar refractivity (Wildman–Crippen MR) is 192 cm³/mol. The number of rotatable bonds is 6. The molecule has 0 saturated carbocycles. The quantitative estimate of drug-likeness (QED) is 0.188. The topological polar surface area (TPSA) is 27.7 Å². The smallest absolute Gasteiger partial charge is 0.120 e. The second-order valence-electron chi connectivity index (χ2n) is 15.3. The van der Waals surface area contributed by atoms with E-state index in [2.05, 4.69) is 153 Å². The Hall–Kier alpha value is -4.50. The molecule has 3 nitrogen and oxygen atoms in total. The number of hydrogen-bond acceptors (Lipinski definition) is 3. The standard InChI is InChI=1S/C43H46O3/c1-41(2,3)44-32-19-12-16-28(23-32)36-27-37-35-22-11-10-15-29(35)26-38(37)40(31-18-14-21-34(25-31)46-43(7,8)9)39(36)30-17-13-20-33(24-30)45-42(4,5)6/h10-25,27H,26H2,1-9H3. The summed E-state index contributed by atoms with van der Waals surface area (Å²) in [5, 5.41) is 0. The van der Waals surface area contributed by atoms with Crippen molar-refractivity contribution in [2.75, 3.05) is 0 Å². The van der Waals surface area contributed by atoms with Crippen LogP contribution in [0.25, 0.3) is 44.5 Å². The van der Waals surface area contributed by atoms with E-state index in [9.17, 15) is 0 Å². The number of ether oxygens (including phenoxy) is 3. The van der Waals surface area contributed by atoms with Crippen LogP contribution in [0, 0.1) is 0 Å². The summed E-state index contributed by atoms with van der Waals surface area (Å²) in [4.78, 5) is 0. The van der Waals surface area contributed by atoms with Crippen molar-refractivity contribution in [3.05, 3.63) is 114 Å². The molecule has 3 heteroatoms. The Kier molecular flexibility index (Phi) is 8.01. The normalized spacial score (nSPS) is 12.8. The van der Waals surface area contributed by atoms with E-state index < -0.39 is 0 Å². The lowest BCUT2D eigenvalue weighted by Crippen LogP contribution is -2.23. The molecule has 0 unspecified atom stereocenters. The van der Waals surface area contributed by atoms with E-state index >= 15 is 0 Å². The lowest BCUT2D eigenvalue weighted by Gasteiger charge is -2.25. The van der Waals surface area contributed by atoms with Gasteiger partial charge in [0.15, 0.2) is 0 Å². The summed E-state index contributed by atoms with van der Waals surface area (Å²) < 4.78 is 19.2. The van der Waals surface area contributed by atoms with Crippen molar-refractivity contribution < 1.29 is 14.2 Å². The molecule has 0 saturated heterocycles. The first-order valence-electron chi connectivity index (χ1n) is 16.3. The molecule has 5 aromatic carbocycles. The van der Waals surface area contributed by atoms with E-state index in [1.807, 2.05) is 12.1 Å². The Labute approximate surface area is 275 Å². The van der Waals surface area contributed by atoms with Gasteiger partial charge in [0, 0.05) is 0 Å². The largest absolute Gasteiger partial charge is 0.488 e. The maximum absolute atomic E-state index is 6.41. The highest BCUT2D eigenvalue weighted by Gasteiger charge is 2.28. The van der Waals surface area contributed by atoms with Gasteiger partial charge in [-0.05, 0) is 167 Å². The second kappa shape index (κ2) is 11.7. The molecule has 236 valence electrons. The molecular weight excluding hydrogens is 564 g/mol. The fraction of sp³-hybridized carbons (Fsp3) is 0.302. The first kappa shape index (κ1) is 31.5. The monoisotopic (exact) mass is 610 g/mol. The van der Waals surface area contributed by atoms with Crippen LogP contribution in [0.4, 0.5) is 0 Å². The van der Waals surface area contributed by atoms with Gasteiger partial charge in [0.2, 0.25) is 0 Å². The van der Waals surface area contributed by atoms with Crippen LogP contribution in [0.1, 0.15) is 73.4 Å². The van der Waals surface area contributed by atoms with Crippen molar-refractivity contribution in [1.29, 1.82) is 0 Å². The van der Waals surface area contributed by atoms with Crippen molar-refractivity contribution >= 4 is 0 Å². The summed E-state index contributed by atoms with van der Waals surface area (Å²) in [7, 11) is 0. The number of fused-ring (bicyclic) bond motifs is 3. The molecule has 0 atom stereocenters. The SMILES string of the molecule is CC(C)(C)Oc1cccc(-c2cc3c(c(-c4cccc(OC(C)(C)C)c4)c2-c2cccc(OC(C)(C)C)c2)Cc2ccccc2-3)c1. The fourth-order valence-electron chi connectivity index (χ4n) is 6.34. The Morgan fingerprint density at radius 3 is 1.39 bits per heavy atom. The van der Waals surface area contributed by atoms with Crippen molar-refractivity contribution in [3.63, 3.8) is 0 Å². The van der Waals surface area contributed by atoms with Gasteiger partial charge in [-0.25, -0.2) is 0 Å². The first-order chi connectivity index (χ1) is 21.6. The fourth-order valence-corrected chi connectivity index (χ4v) is 6.34. The zero-order valence-corrected chi connectivity index (χ0v) is 28.7. The van der Waals surface area contributed by atoms with Crippen LogP contribution in [-0.4, -0.2) is 16.8 Å². The van der Waals surface area contributed by atoms with Crippen molar-refractivity contribution in [2.24, 2.45) is 0 Å². The van der Waals surface area contributed by atoms with Crippen LogP contribution < -0.4 is 14.2 Å². The van der Waals surface area contributed by atoms with Crippen LogP contribution >= 0.6 is 0 Å². The molecule has 0 N–H and O–H groups in total. The van der Waals surface area contributed by atoms with Gasteiger partial charge in [0.25, 0.3) is 0 Å². The van der Waals surface area contributed by atoms with Gasteiger partial charge in [-0.3, -0.25) is 0 Å². The van der Waals surface area contributed by atoms with E-state index in [1.54, 1.807) is 0 Å².